The van der Waals surface area contributed by atoms with Crippen molar-refractivity contribution in [2.24, 2.45) is 0 Å². The molecule has 0 aromatic carbocycles. The Morgan fingerprint density at radius 3 is 2.35 bits per heavy atom. The van der Waals surface area contributed by atoms with E-state index in [0.29, 0.717) is 13.2 Å². The van der Waals surface area contributed by atoms with Crippen molar-refractivity contribution in [3.05, 3.63) is 48.5 Å². The Kier molecular flexibility index (Phi) is 2.81. The van der Waals surface area contributed by atoms with Gasteiger partial charge in [-0.1, -0.05) is 6.07 Å². The fourth-order valence-corrected chi connectivity index (χ4v) is 1.79. The van der Waals surface area contributed by atoms with E-state index in [2.05, 4.69) is 9.97 Å². The second kappa shape index (κ2) is 4.61. The molecule has 0 radical (unpaired) electrons. The molecule has 0 N–H and O–H groups in total. The van der Waals surface area contributed by atoms with Gasteiger partial charge in [0.2, 0.25) is 6.29 Å². The molecule has 0 spiro atoms. The van der Waals surface area contributed by atoms with E-state index in [9.17, 15) is 0 Å². The van der Waals surface area contributed by atoms with E-state index < -0.39 is 0 Å². The van der Waals surface area contributed by atoms with Gasteiger partial charge in [0.05, 0.1) is 18.9 Å². The highest BCUT2D eigenvalue weighted by Crippen LogP contribution is 2.23. The predicted molar refractivity (Wildman–Crippen MR) is 62.1 cm³/mol. The lowest BCUT2D eigenvalue weighted by atomic mass is 10.1. The number of hydrogen-bond donors (Lipinski definition) is 0. The Hall–Kier alpha value is -1.78. The van der Waals surface area contributed by atoms with E-state index in [1.165, 1.54) is 0 Å². The van der Waals surface area contributed by atoms with Gasteiger partial charge in [0, 0.05) is 24.2 Å². The molecule has 86 valence electrons. The fraction of sp³-hybridized carbons (Fsp3) is 0.231. The van der Waals surface area contributed by atoms with Gasteiger partial charge in [0.1, 0.15) is 0 Å². The molecule has 3 heterocycles. The lowest BCUT2D eigenvalue weighted by Gasteiger charge is -2.08. The zero-order valence-electron chi connectivity index (χ0n) is 9.24. The van der Waals surface area contributed by atoms with Crippen LogP contribution in [0.2, 0.25) is 0 Å². The molecule has 0 aliphatic carbocycles. The molecule has 0 saturated carbocycles. The first-order chi connectivity index (χ1) is 8.43. The van der Waals surface area contributed by atoms with E-state index in [4.69, 9.17) is 9.47 Å². The van der Waals surface area contributed by atoms with Gasteiger partial charge < -0.3 is 9.47 Å². The van der Waals surface area contributed by atoms with Crippen molar-refractivity contribution in [2.45, 2.75) is 6.29 Å². The van der Waals surface area contributed by atoms with Crippen LogP contribution >= 0.6 is 0 Å². The highest BCUT2D eigenvalue weighted by atomic mass is 16.7. The second-order valence-electron chi connectivity index (χ2n) is 3.78. The van der Waals surface area contributed by atoms with Crippen LogP contribution in [0.1, 0.15) is 12.0 Å². The highest BCUT2D eigenvalue weighted by molar-refractivity contribution is 5.61. The second-order valence-corrected chi connectivity index (χ2v) is 3.78. The topological polar surface area (TPSA) is 44.2 Å². The summed E-state index contributed by atoms with van der Waals surface area (Å²) in [4.78, 5) is 8.36. The zero-order valence-corrected chi connectivity index (χ0v) is 9.24. The summed E-state index contributed by atoms with van der Waals surface area (Å²) >= 11 is 0. The molecule has 4 nitrogen and oxygen atoms in total. The molecule has 17 heavy (non-hydrogen) atoms. The van der Waals surface area contributed by atoms with Crippen LogP contribution < -0.4 is 0 Å². The molecule has 0 atom stereocenters. The average Bonchev–Trinajstić information content (AvgIpc) is 2.94. The quantitative estimate of drug-likeness (QED) is 0.790. The number of ether oxygens (including phenoxy) is 2. The van der Waals surface area contributed by atoms with Crippen LogP contribution in [0.3, 0.4) is 0 Å². The minimum atomic E-state index is -0.304. The van der Waals surface area contributed by atoms with E-state index in [0.717, 1.165) is 16.8 Å². The van der Waals surface area contributed by atoms with Gasteiger partial charge in [-0.2, -0.15) is 0 Å². The zero-order chi connectivity index (χ0) is 11.5. The van der Waals surface area contributed by atoms with E-state index in [1.807, 2.05) is 30.5 Å². The third-order valence-electron chi connectivity index (χ3n) is 2.66. The Labute approximate surface area is 99.2 Å². The third kappa shape index (κ3) is 2.18. The third-order valence-corrected chi connectivity index (χ3v) is 2.66. The van der Waals surface area contributed by atoms with Crippen molar-refractivity contribution in [1.29, 1.82) is 0 Å². The van der Waals surface area contributed by atoms with Crippen LogP contribution in [-0.4, -0.2) is 23.2 Å². The number of rotatable bonds is 2. The van der Waals surface area contributed by atoms with E-state index >= 15 is 0 Å². The van der Waals surface area contributed by atoms with Crippen LogP contribution in [0.4, 0.5) is 0 Å². The summed E-state index contributed by atoms with van der Waals surface area (Å²) in [7, 11) is 0. The summed E-state index contributed by atoms with van der Waals surface area (Å²) < 4.78 is 10.8. The van der Waals surface area contributed by atoms with E-state index in [1.54, 1.807) is 12.4 Å². The number of nitrogens with zero attached hydrogens (tertiary/aromatic N) is 2. The van der Waals surface area contributed by atoms with Crippen LogP contribution in [0, 0.1) is 0 Å². The maximum absolute atomic E-state index is 5.39. The molecule has 1 fully saturated rings. The van der Waals surface area contributed by atoms with Crippen LogP contribution in [0.15, 0.2) is 42.9 Å². The van der Waals surface area contributed by atoms with Crippen LogP contribution in [-0.2, 0) is 9.47 Å². The van der Waals surface area contributed by atoms with Crippen molar-refractivity contribution < 1.29 is 9.47 Å². The molecule has 1 aliphatic rings. The van der Waals surface area contributed by atoms with Gasteiger partial charge in [0.15, 0.2) is 0 Å². The van der Waals surface area contributed by atoms with Crippen LogP contribution in [0.25, 0.3) is 11.1 Å². The molecule has 2 aromatic rings. The van der Waals surface area contributed by atoms with Crippen molar-refractivity contribution in [3.8, 4) is 11.1 Å². The fourth-order valence-electron chi connectivity index (χ4n) is 1.79. The van der Waals surface area contributed by atoms with Crippen molar-refractivity contribution in [1.82, 2.24) is 9.97 Å². The number of hydrogen-bond acceptors (Lipinski definition) is 4. The lowest BCUT2D eigenvalue weighted by Crippen LogP contribution is -2.00. The molecule has 0 unspecified atom stereocenters. The van der Waals surface area contributed by atoms with Gasteiger partial charge >= 0.3 is 0 Å². The standard InChI is InChI=1S/C13H12N2O2/c1-2-12(13-16-7-8-17-13)15-9-11(1)10-3-5-14-6-4-10/h1-6,9,13H,7-8H2. The minimum absolute atomic E-state index is 0.304. The highest BCUT2D eigenvalue weighted by Gasteiger charge is 2.19. The SMILES string of the molecule is c1cc(-c2ccc(C3OCCO3)nc2)ccn1. The normalized spacial score (nSPS) is 16.2. The van der Waals surface area contributed by atoms with Crippen molar-refractivity contribution in [3.63, 3.8) is 0 Å². The Morgan fingerprint density at radius 1 is 0.941 bits per heavy atom. The molecule has 0 bridgehead atoms. The van der Waals surface area contributed by atoms with E-state index in [-0.39, 0.29) is 6.29 Å². The maximum atomic E-state index is 5.39. The Bertz CT molecular complexity index is 479. The molecule has 0 amide bonds. The summed E-state index contributed by atoms with van der Waals surface area (Å²) in [6, 6.07) is 7.87. The first-order valence-corrected chi connectivity index (χ1v) is 5.53. The number of pyridine rings is 2. The molecular formula is C13H12N2O2. The number of aromatic nitrogens is 2. The molecule has 3 rings (SSSR count). The first kappa shape index (κ1) is 10.4. The molecular weight excluding hydrogens is 216 g/mol. The summed E-state index contributed by atoms with van der Waals surface area (Å²) in [5.41, 5.74) is 2.99. The predicted octanol–water partition coefficient (Wildman–Crippen LogP) is 2.19. The van der Waals surface area contributed by atoms with Crippen molar-refractivity contribution >= 4 is 0 Å². The smallest absolute Gasteiger partial charge is 0.201 e. The van der Waals surface area contributed by atoms with Gasteiger partial charge in [-0.3, -0.25) is 9.97 Å². The first-order valence-electron chi connectivity index (χ1n) is 5.53. The Morgan fingerprint density at radius 2 is 1.71 bits per heavy atom. The molecule has 4 heteroatoms. The largest absolute Gasteiger partial charge is 0.345 e. The molecule has 1 saturated heterocycles. The Balaban J connectivity index is 1.85. The molecule has 1 aliphatic heterocycles. The summed E-state index contributed by atoms with van der Waals surface area (Å²) in [6.45, 7) is 1.27. The minimum Gasteiger partial charge on any atom is -0.345 e. The summed E-state index contributed by atoms with van der Waals surface area (Å²) in [6.07, 6.45) is 5.07. The lowest BCUT2D eigenvalue weighted by molar-refractivity contribution is -0.0472. The summed E-state index contributed by atoms with van der Waals surface area (Å²) in [5.74, 6) is 0. The summed E-state index contributed by atoms with van der Waals surface area (Å²) in [5, 5.41) is 0. The van der Waals surface area contributed by atoms with Gasteiger partial charge in [0.25, 0.3) is 0 Å². The van der Waals surface area contributed by atoms with Gasteiger partial charge in [-0.15, -0.1) is 0 Å². The van der Waals surface area contributed by atoms with Gasteiger partial charge in [-0.25, -0.2) is 0 Å². The average molecular weight is 228 g/mol. The van der Waals surface area contributed by atoms with Crippen molar-refractivity contribution in [2.75, 3.05) is 13.2 Å². The monoisotopic (exact) mass is 228 g/mol. The van der Waals surface area contributed by atoms with Crippen LogP contribution in [0.5, 0.6) is 0 Å². The maximum Gasteiger partial charge on any atom is 0.201 e. The molecule has 2 aromatic heterocycles. The van der Waals surface area contributed by atoms with Gasteiger partial charge in [-0.05, 0) is 23.8 Å².